The summed E-state index contributed by atoms with van der Waals surface area (Å²) in [6.45, 7) is 4.17. The summed E-state index contributed by atoms with van der Waals surface area (Å²) in [6, 6.07) is 47.1. The van der Waals surface area contributed by atoms with Crippen LogP contribution in [0.4, 0.5) is 0 Å². The SMILES string of the molecule is Cc1cccc(C)c1-c1cn(-c2[c-]c(Oc3[c-]c(C4(c5ccccn5)c5ccccc5Oc5ccccc54)ccc3)ccc2)nn1.[Pt+2]. The number of aryl methyl sites for hydroxylation is 2. The topological polar surface area (TPSA) is 62.1 Å². The van der Waals surface area contributed by atoms with Gasteiger partial charge in [-0.05, 0) is 54.9 Å². The van der Waals surface area contributed by atoms with Crippen LogP contribution in [0.25, 0.3) is 16.9 Å². The summed E-state index contributed by atoms with van der Waals surface area (Å²) < 4.78 is 14.6. The van der Waals surface area contributed by atoms with Gasteiger partial charge in [0.1, 0.15) is 17.2 Å². The molecule has 0 atom stereocenters. The van der Waals surface area contributed by atoms with E-state index in [9.17, 15) is 0 Å². The van der Waals surface area contributed by atoms with Gasteiger partial charge in [-0.25, -0.2) is 4.68 Å². The molecular formula is C40H28N4O2Pt. The maximum Gasteiger partial charge on any atom is 2.00 e. The summed E-state index contributed by atoms with van der Waals surface area (Å²) in [5, 5.41) is 8.87. The molecule has 0 amide bonds. The Labute approximate surface area is 287 Å². The van der Waals surface area contributed by atoms with Crippen LogP contribution in [0, 0.1) is 26.0 Å². The molecule has 7 heteroatoms. The van der Waals surface area contributed by atoms with E-state index in [-0.39, 0.29) is 21.1 Å². The monoisotopic (exact) mass is 791 g/mol. The summed E-state index contributed by atoms with van der Waals surface area (Å²) in [6.07, 6.45) is 3.75. The van der Waals surface area contributed by atoms with Crippen LogP contribution in [0.15, 0.2) is 134 Å². The molecular weight excluding hydrogens is 764 g/mol. The molecule has 47 heavy (non-hydrogen) atoms. The molecule has 6 nitrogen and oxygen atoms in total. The number of fused-ring (bicyclic) bond motifs is 2. The number of hydrogen-bond acceptors (Lipinski definition) is 5. The minimum Gasteiger partial charge on any atom is -0.509 e. The first-order valence-electron chi connectivity index (χ1n) is 15.1. The van der Waals surface area contributed by atoms with Gasteiger partial charge in [-0.3, -0.25) is 4.98 Å². The van der Waals surface area contributed by atoms with Gasteiger partial charge in [0.25, 0.3) is 0 Å². The number of pyridine rings is 1. The second kappa shape index (κ2) is 12.5. The molecule has 5 aromatic carbocycles. The molecule has 0 fully saturated rings. The zero-order valence-electron chi connectivity index (χ0n) is 25.6. The van der Waals surface area contributed by atoms with Crippen LogP contribution < -0.4 is 9.47 Å². The fraction of sp³-hybridized carbons (Fsp3) is 0.0750. The first kappa shape index (κ1) is 30.3. The van der Waals surface area contributed by atoms with Gasteiger partial charge in [0, 0.05) is 34.4 Å². The van der Waals surface area contributed by atoms with E-state index in [4.69, 9.17) is 14.5 Å². The van der Waals surface area contributed by atoms with Crippen LogP contribution in [-0.4, -0.2) is 20.0 Å². The van der Waals surface area contributed by atoms with Crippen molar-refractivity contribution in [3.05, 3.63) is 179 Å². The smallest absolute Gasteiger partial charge is 0.509 e. The number of rotatable bonds is 6. The van der Waals surface area contributed by atoms with E-state index in [0.29, 0.717) is 11.5 Å². The number of benzene rings is 5. The maximum absolute atomic E-state index is 6.43. The maximum atomic E-state index is 6.43. The van der Waals surface area contributed by atoms with Gasteiger partial charge in [-0.2, -0.15) is 18.2 Å². The fourth-order valence-electron chi connectivity index (χ4n) is 6.47. The zero-order chi connectivity index (χ0) is 31.1. The molecule has 2 aromatic heterocycles. The van der Waals surface area contributed by atoms with Gasteiger partial charge in [0.05, 0.1) is 17.3 Å². The third-order valence-electron chi connectivity index (χ3n) is 8.47. The number of hydrogen-bond donors (Lipinski definition) is 0. The molecule has 0 saturated heterocycles. The average molecular weight is 792 g/mol. The van der Waals surface area contributed by atoms with Crippen LogP contribution in [0.3, 0.4) is 0 Å². The molecule has 0 unspecified atom stereocenters. The minimum absolute atomic E-state index is 0. The van der Waals surface area contributed by atoms with Crippen molar-refractivity contribution in [2.75, 3.05) is 0 Å². The molecule has 8 rings (SSSR count). The molecule has 0 bridgehead atoms. The van der Waals surface area contributed by atoms with Crippen molar-refractivity contribution >= 4 is 0 Å². The Bertz CT molecular complexity index is 2150. The molecule has 0 spiro atoms. The summed E-state index contributed by atoms with van der Waals surface area (Å²) >= 11 is 0. The predicted octanol–water partition coefficient (Wildman–Crippen LogP) is 8.82. The first-order valence-corrected chi connectivity index (χ1v) is 15.1. The quantitative estimate of drug-likeness (QED) is 0.158. The van der Waals surface area contributed by atoms with Gasteiger partial charge >= 0.3 is 21.1 Å². The van der Waals surface area contributed by atoms with Crippen molar-refractivity contribution in [2.24, 2.45) is 0 Å². The molecule has 3 heterocycles. The summed E-state index contributed by atoms with van der Waals surface area (Å²) in [5.74, 6) is 2.65. The van der Waals surface area contributed by atoms with Crippen LogP contribution in [0.5, 0.6) is 23.0 Å². The van der Waals surface area contributed by atoms with Crippen molar-refractivity contribution in [1.82, 2.24) is 20.0 Å². The normalized spacial score (nSPS) is 12.6. The number of nitrogens with zero attached hydrogens (tertiary/aromatic N) is 4. The molecule has 7 aromatic rings. The van der Waals surface area contributed by atoms with E-state index in [2.05, 4.69) is 78.8 Å². The Morgan fingerprint density at radius 1 is 0.681 bits per heavy atom. The van der Waals surface area contributed by atoms with Crippen molar-refractivity contribution in [2.45, 2.75) is 19.3 Å². The van der Waals surface area contributed by atoms with Crippen molar-refractivity contribution in [3.63, 3.8) is 0 Å². The Balaban J connectivity index is 0.00000351. The molecule has 0 saturated carbocycles. The first-order chi connectivity index (χ1) is 22.6. The van der Waals surface area contributed by atoms with Crippen molar-refractivity contribution < 1.29 is 30.5 Å². The molecule has 0 N–H and O–H groups in total. The van der Waals surface area contributed by atoms with Crippen molar-refractivity contribution in [3.8, 4) is 39.9 Å². The van der Waals surface area contributed by atoms with Gasteiger partial charge in [0.2, 0.25) is 0 Å². The van der Waals surface area contributed by atoms with Crippen LogP contribution in [-0.2, 0) is 26.5 Å². The minimum atomic E-state index is -0.789. The molecule has 0 aliphatic carbocycles. The number of para-hydroxylation sites is 2. The van der Waals surface area contributed by atoms with Gasteiger partial charge in [-0.1, -0.05) is 65.9 Å². The molecule has 1 aliphatic rings. The van der Waals surface area contributed by atoms with E-state index >= 15 is 0 Å². The summed E-state index contributed by atoms with van der Waals surface area (Å²) in [4.78, 5) is 4.90. The van der Waals surface area contributed by atoms with E-state index in [1.165, 1.54) is 0 Å². The molecule has 0 radical (unpaired) electrons. The van der Waals surface area contributed by atoms with Crippen LogP contribution >= 0.6 is 0 Å². The predicted molar refractivity (Wildman–Crippen MR) is 177 cm³/mol. The molecule has 1 aliphatic heterocycles. The Morgan fingerprint density at radius 2 is 1.32 bits per heavy atom. The zero-order valence-corrected chi connectivity index (χ0v) is 27.9. The third-order valence-corrected chi connectivity index (χ3v) is 8.47. The van der Waals surface area contributed by atoms with E-state index in [0.717, 1.165) is 62.0 Å². The van der Waals surface area contributed by atoms with Crippen LogP contribution in [0.2, 0.25) is 0 Å². The second-order valence-electron chi connectivity index (χ2n) is 11.3. The Kier molecular flexibility index (Phi) is 8.05. The average Bonchev–Trinajstić information content (AvgIpc) is 3.58. The van der Waals surface area contributed by atoms with Crippen molar-refractivity contribution in [1.29, 1.82) is 0 Å². The Morgan fingerprint density at radius 3 is 2.02 bits per heavy atom. The fourth-order valence-corrected chi connectivity index (χ4v) is 6.47. The molecule has 230 valence electrons. The summed E-state index contributed by atoms with van der Waals surface area (Å²) in [5.41, 5.74) is 7.87. The van der Waals surface area contributed by atoms with E-state index in [1.807, 2.05) is 91.3 Å². The van der Waals surface area contributed by atoms with E-state index < -0.39 is 5.41 Å². The van der Waals surface area contributed by atoms with Gasteiger partial charge in [0.15, 0.2) is 0 Å². The van der Waals surface area contributed by atoms with Crippen LogP contribution in [0.1, 0.15) is 33.5 Å². The van der Waals surface area contributed by atoms with Gasteiger partial charge in [-0.15, -0.1) is 41.0 Å². The van der Waals surface area contributed by atoms with E-state index in [1.54, 1.807) is 4.68 Å². The largest absolute Gasteiger partial charge is 2.00 e. The second-order valence-corrected chi connectivity index (χ2v) is 11.3. The Hall–Kier alpha value is -5.32. The number of aromatic nitrogens is 4. The standard InChI is InChI=1S/C40H28N4O2.Pt/c1-27-12-9-13-28(2)39(27)35-26-44(43-42-35)30-15-11-17-32(25-30)45-31-16-10-14-29(24-31)40(38-22-7-8-23-41-38)33-18-3-5-20-36(33)46-37-21-6-4-19-34(37)40;/h3-23,26H,1-2H3;/q-2;+2. The summed E-state index contributed by atoms with van der Waals surface area (Å²) in [7, 11) is 0. The number of ether oxygens (including phenoxy) is 2. The van der Waals surface area contributed by atoms with Gasteiger partial charge < -0.3 is 9.47 Å². The third kappa shape index (κ3) is 5.25.